The fourth-order valence-electron chi connectivity index (χ4n) is 2.16. The van der Waals surface area contributed by atoms with E-state index in [2.05, 4.69) is 10.1 Å². The zero-order valence-electron chi connectivity index (χ0n) is 13.7. The molecule has 134 valence electrons. The lowest BCUT2D eigenvalue weighted by molar-refractivity contribution is -0.142. The average Bonchev–Trinajstić information content (AvgIpc) is 3.10. The van der Waals surface area contributed by atoms with Gasteiger partial charge in [-0.1, -0.05) is 29.4 Å². The van der Waals surface area contributed by atoms with Gasteiger partial charge in [0, 0.05) is 10.5 Å². The van der Waals surface area contributed by atoms with Crippen molar-refractivity contribution in [1.29, 1.82) is 0 Å². The number of halogens is 2. The van der Waals surface area contributed by atoms with Crippen LogP contribution in [0.1, 0.15) is 11.5 Å². The van der Waals surface area contributed by atoms with E-state index >= 15 is 0 Å². The van der Waals surface area contributed by atoms with Gasteiger partial charge < -0.3 is 9.26 Å². The molecule has 2 aromatic carbocycles. The molecular formula is C18H14F2N2O3S. The first-order valence-electron chi connectivity index (χ1n) is 7.65. The van der Waals surface area contributed by atoms with Gasteiger partial charge in [-0.2, -0.15) is 4.98 Å². The highest BCUT2D eigenvalue weighted by molar-refractivity contribution is 8.00. The largest absolute Gasteiger partial charge is 0.455 e. The minimum Gasteiger partial charge on any atom is -0.455 e. The summed E-state index contributed by atoms with van der Waals surface area (Å²) in [6.45, 7) is 1.73. The monoisotopic (exact) mass is 376 g/mol. The predicted molar refractivity (Wildman–Crippen MR) is 91.3 cm³/mol. The van der Waals surface area contributed by atoms with E-state index in [4.69, 9.17) is 9.26 Å². The van der Waals surface area contributed by atoms with Crippen molar-refractivity contribution in [2.75, 3.05) is 5.75 Å². The van der Waals surface area contributed by atoms with Gasteiger partial charge in [0.2, 0.25) is 5.82 Å². The summed E-state index contributed by atoms with van der Waals surface area (Å²) in [4.78, 5) is 16.0. The lowest BCUT2D eigenvalue weighted by Gasteiger charge is -2.03. The molecule has 3 aromatic rings. The van der Waals surface area contributed by atoms with E-state index in [1.165, 1.54) is 0 Å². The summed E-state index contributed by atoms with van der Waals surface area (Å²) in [5, 5.41) is 3.87. The second-order valence-corrected chi connectivity index (χ2v) is 6.37. The summed E-state index contributed by atoms with van der Waals surface area (Å²) in [5.74, 6) is -1.38. The second kappa shape index (κ2) is 8.09. The highest BCUT2D eigenvalue weighted by Gasteiger charge is 2.13. The van der Waals surface area contributed by atoms with Gasteiger partial charge in [-0.25, -0.2) is 8.78 Å². The molecule has 5 nitrogen and oxygen atoms in total. The quantitative estimate of drug-likeness (QED) is 0.475. The number of benzene rings is 2. The van der Waals surface area contributed by atoms with Crippen molar-refractivity contribution >= 4 is 17.7 Å². The Morgan fingerprint density at radius 3 is 2.85 bits per heavy atom. The zero-order valence-corrected chi connectivity index (χ0v) is 14.6. The maximum absolute atomic E-state index is 13.5. The Kier molecular flexibility index (Phi) is 5.62. The SMILES string of the molecule is Cc1ccccc1-c1noc(COC(=O)CSc2cc(F)ccc2F)n1. The van der Waals surface area contributed by atoms with Crippen LogP contribution in [-0.4, -0.2) is 21.9 Å². The molecule has 26 heavy (non-hydrogen) atoms. The second-order valence-electron chi connectivity index (χ2n) is 5.35. The minimum atomic E-state index is -0.602. The van der Waals surface area contributed by atoms with Crippen molar-refractivity contribution in [1.82, 2.24) is 10.1 Å². The van der Waals surface area contributed by atoms with E-state index in [9.17, 15) is 13.6 Å². The Balaban J connectivity index is 1.54. The molecule has 0 unspecified atom stereocenters. The summed E-state index contributed by atoms with van der Waals surface area (Å²) in [6.07, 6.45) is 0. The molecule has 8 heteroatoms. The van der Waals surface area contributed by atoms with Crippen LogP contribution in [0, 0.1) is 18.6 Å². The van der Waals surface area contributed by atoms with Crippen molar-refractivity contribution < 1.29 is 22.8 Å². The van der Waals surface area contributed by atoms with E-state index in [0.717, 1.165) is 41.1 Å². The normalized spacial score (nSPS) is 10.7. The number of rotatable bonds is 6. The molecule has 3 rings (SSSR count). The Bertz CT molecular complexity index is 930. The molecule has 1 heterocycles. The molecule has 0 amide bonds. The lowest BCUT2D eigenvalue weighted by Crippen LogP contribution is -2.07. The highest BCUT2D eigenvalue weighted by atomic mass is 32.2. The van der Waals surface area contributed by atoms with Gasteiger partial charge in [-0.3, -0.25) is 4.79 Å². The first kappa shape index (κ1) is 18.1. The fraction of sp³-hybridized carbons (Fsp3) is 0.167. The van der Waals surface area contributed by atoms with Gasteiger partial charge in [0.1, 0.15) is 11.6 Å². The van der Waals surface area contributed by atoms with Crippen molar-refractivity contribution in [2.45, 2.75) is 18.4 Å². The third-order valence-corrected chi connectivity index (χ3v) is 4.45. The van der Waals surface area contributed by atoms with Crippen molar-refractivity contribution in [3.8, 4) is 11.4 Å². The number of carbonyl (C=O) groups is 1. The topological polar surface area (TPSA) is 65.2 Å². The van der Waals surface area contributed by atoms with Crippen molar-refractivity contribution in [2.24, 2.45) is 0 Å². The average molecular weight is 376 g/mol. The number of ether oxygens (including phenoxy) is 1. The molecule has 0 fully saturated rings. The van der Waals surface area contributed by atoms with E-state index in [-0.39, 0.29) is 23.1 Å². The number of aryl methyl sites for hydroxylation is 1. The molecule has 0 atom stereocenters. The smallest absolute Gasteiger partial charge is 0.316 e. The fourth-order valence-corrected chi connectivity index (χ4v) is 2.91. The Morgan fingerprint density at radius 2 is 2.04 bits per heavy atom. The van der Waals surface area contributed by atoms with E-state index in [1.807, 2.05) is 31.2 Å². The lowest BCUT2D eigenvalue weighted by atomic mass is 10.1. The van der Waals surface area contributed by atoms with Crippen LogP contribution < -0.4 is 0 Å². The summed E-state index contributed by atoms with van der Waals surface area (Å²) >= 11 is 0.852. The van der Waals surface area contributed by atoms with Crippen LogP contribution in [0.4, 0.5) is 8.78 Å². The number of nitrogens with zero attached hydrogens (tertiary/aromatic N) is 2. The van der Waals surface area contributed by atoms with Crippen LogP contribution in [0.2, 0.25) is 0 Å². The van der Waals surface area contributed by atoms with Crippen LogP contribution in [0.15, 0.2) is 51.9 Å². The number of thioether (sulfide) groups is 1. The summed E-state index contributed by atoms with van der Waals surface area (Å²) < 4.78 is 36.7. The molecule has 0 spiro atoms. The van der Waals surface area contributed by atoms with Crippen LogP contribution in [0.5, 0.6) is 0 Å². The first-order valence-corrected chi connectivity index (χ1v) is 8.63. The summed E-state index contributed by atoms with van der Waals surface area (Å²) in [6, 6.07) is 10.6. The Labute approximate surface area is 152 Å². The van der Waals surface area contributed by atoms with Crippen LogP contribution in [0.25, 0.3) is 11.4 Å². The molecule has 0 N–H and O–H groups in total. The van der Waals surface area contributed by atoms with Gasteiger partial charge in [-0.15, -0.1) is 11.8 Å². The molecule has 0 aliphatic carbocycles. The minimum absolute atomic E-state index is 0.0431. The van der Waals surface area contributed by atoms with Gasteiger partial charge in [-0.05, 0) is 30.7 Å². The molecule has 0 aliphatic heterocycles. The molecule has 0 aliphatic rings. The first-order chi connectivity index (χ1) is 12.5. The van der Waals surface area contributed by atoms with Crippen molar-refractivity contribution in [3.05, 3.63) is 65.6 Å². The zero-order chi connectivity index (χ0) is 18.5. The number of hydrogen-bond donors (Lipinski definition) is 0. The maximum Gasteiger partial charge on any atom is 0.316 e. The number of esters is 1. The third-order valence-electron chi connectivity index (χ3n) is 3.45. The third kappa shape index (κ3) is 4.45. The Morgan fingerprint density at radius 1 is 1.23 bits per heavy atom. The van der Waals surface area contributed by atoms with Crippen LogP contribution in [-0.2, 0) is 16.1 Å². The molecule has 0 radical (unpaired) electrons. The molecule has 0 saturated carbocycles. The van der Waals surface area contributed by atoms with E-state index in [0.29, 0.717) is 5.82 Å². The van der Waals surface area contributed by atoms with Gasteiger partial charge in [0.05, 0.1) is 5.75 Å². The molecule has 1 aromatic heterocycles. The molecular weight excluding hydrogens is 362 g/mol. The molecule has 0 bridgehead atoms. The standard InChI is InChI=1S/C18H14F2N2O3S/c1-11-4-2-3-5-13(11)18-21-16(25-22-18)9-24-17(23)10-26-15-8-12(19)6-7-14(15)20/h2-8H,9-10H2,1H3. The number of hydrogen-bond acceptors (Lipinski definition) is 6. The molecule has 0 saturated heterocycles. The number of aromatic nitrogens is 2. The van der Waals surface area contributed by atoms with E-state index < -0.39 is 17.6 Å². The highest BCUT2D eigenvalue weighted by Crippen LogP contribution is 2.23. The predicted octanol–water partition coefficient (Wildman–Crippen LogP) is 4.16. The van der Waals surface area contributed by atoms with E-state index in [1.54, 1.807) is 0 Å². The van der Waals surface area contributed by atoms with Crippen LogP contribution >= 0.6 is 11.8 Å². The summed E-state index contributed by atoms with van der Waals surface area (Å²) in [5.41, 5.74) is 1.82. The Hall–Kier alpha value is -2.74. The summed E-state index contributed by atoms with van der Waals surface area (Å²) in [7, 11) is 0. The van der Waals surface area contributed by atoms with Gasteiger partial charge in [0.25, 0.3) is 5.89 Å². The maximum atomic E-state index is 13.5. The number of carbonyl (C=O) groups excluding carboxylic acids is 1. The van der Waals surface area contributed by atoms with Gasteiger partial charge >= 0.3 is 5.97 Å². The van der Waals surface area contributed by atoms with Gasteiger partial charge in [0.15, 0.2) is 6.61 Å². The van der Waals surface area contributed by atoms with Crippen molar-refractivity contribution in [3.63, 3.8) is 0 Å². The van der Waals surface area contributed by atoms with Crippen LogP contribution in [0.3, 0.4) is 0 Å².